The van der Waals surface area contributed by atoms with Crippen molar-refractivity contribution in [2.24, 2.45) is 0 Å². The van der Waals surface area contributed by atoms with Gasteiger partial charge in [-0.15, -0.1) is 0 Å². The van der Waals surface area contributed by atoms with Crippen molar-refractivity contribution in [1.29, 1.82) is 0 Å². The highest BCUT2D eigenvalue weighted by Gasteiger charge is 2.10. The van der Waals surface area contributed by atoms with Gasteiger partial charge < -0.3 is 5.32 Å². The average molecular weight is 294 g/mol. The molecule has 1 aromatic heterocycles. The van der Waals surface area contributed by atoms with Crippen LogP contribution in [0.5, 0.6) is 0 Å². The number of benzene rings is 1. The lowest BCUT2D eigenvalue weighted by molar-refractivity contribution is 0.803. The SMILES string of the molecule is CNCc1cccc(-n2nc(C)c(Br)c2C)c1. The molecule has 0 unspecified atom stereocenters. The third-order valence-electron chi connectivity index (χ3n) is 2.74. The van der Waals surface area contributed by atoms with Crippen molar-refractivity contribution >= 4 is 15.9 Å². The van der Waals surface area contributed by atoms with Gasteiger partial charge in [-0.2, -0.15) is 5.10 Å². The van der Waals surface area contributed by atoms with Crippen LogP contribution >= 0.6 is 15.9 Å². The summed E-state index contributed by atoms with van der Waals surface area (Å²) >= 11 is 3.55. The van der Waals surface area contributed by atoms with Gasteiger partial charge in [-0.25, -0.2) is 4.68 Å². The molecule has 0 bridgehead atoms. The van der Waals surface area contributed by atoms with Gasteiger partial charge in [-0.05, 0) is 54.5 Å². The summed E-state index contributed by atoms with van der Waals surface area (Å²) < 4.78 is 3.05. The van der Waals surface area contributed by atoms with E-state index in [4.69, 9.17) is 0 Å². The Hall–Kier alpha value is -1.13. The second-order valence-electron chi connectivity index (χ2n) is 4.10. The van der Waals surface area contributed by atoms with Gasteiger partial charge in [0.1, 0.15) is 0 Å². The number of hydrogen-bond donors (Lipinski definition) is 1. The van der Waals surface area contributed by atoms with E-state index in [0.29, 0.717) is 0 Å². The summed E-state index contributed by atoms with van der Waals surface area (Å²) in [6.07, 6.45) is 0. The van der Waals surface area contributed by atoms with Crippen LogP contribution in [-0.2, 0) is 6.54 Å². The summed E-state index contributed by atoms with van der Waals surface area (Å²) in [5.74, 6) is 0. The van der Waals surface area contributed by atoms with E-state index in [2.05, 4.69) is 57.5 Å². The number of nitrogens with one attached hydrogen (secondary N) is 1. The molecular formula is C13H16BrN3. The Morgan fingerprint density at radius 3 is 2.71 bits per heavy atom. The van der Waals surface area contributed by atoms with Gasteiger partial charge in [-0.3, -0.25) is 0 Å². The molecule has 17 heavy (non-hydrogen) atoms. The van der Waals surface area contributed by atoms with Gasteiger partial charge in [0.15, 0.2) is 0 Å². The monoisotopic (exact) mass is 293 g/mol. The van der Waals surface area contributed by atoms with Crippen LogP contribution in [0.3, 0.4) is 0 Å². The molecule has 1 heterocycles. The highest BCUT2D eigenvalue weighted by Crippen LogP contribution is 2.23. The summed E-state index contributed by atoms with van der Waals surface area (Å²) in [6, 6.07) is 8.40. The van der Waals surface area contributed by atoms with Crippen molar-refractivity contribution < 1.29 is 0 Å². The van der Waals surface area contributed by atoms with E-state index in [1.807, 2.05) is 18.7 Å². The zero-order chi connectivity index (χ0) is 12.4. The van der Waals surface area contributed by atoms with Crippen LogP contribution in [0.4, 0.5) is 0 Å². The Morgan fingerprint density at radius 1 is 1.35 bits per heavy atom. The normalized spacial score (nSPS) is 10.8. The van der Waals surface area contributed by atoms with Crippen molar-refractivity contribution in [3.63, 3.8) is 0 Å². The lowest BCUT2D eigenvalue weighted by atomic mass is 10.2. The Morgan fingerprint density at radius 2 is 2.12 bits per heavy atom. The predicted octanol–water partition coefficient (Wildman–Crippen LogP) is 2.97. The molecule has 2 aromatic rings. The van der Waals surface area contributed by atoms with E-state index in [-0.39, 0.29) is 0 Å². The number of aromatic nitrogens is 2. The number of hydrogen-bond acceptors (Lipinski definition) is 2. The predicted molar refractivity (Wildman–Crippen MR) is 73.5 cm³/mol. The van der Waals surface area contributed by atoms with Crippen molar-refractivity contribution in [3.8, 4) is 5.69 Å². The molecular weight excluding hydrogens is 278 g/mol. The van der Waals surface area contributed by atoms with Gasteiger partial charge in [0.05, 0.1) is 21.5 Å². The number of aryl methyl sites for hydroxylation is 1. The minimum atomic E-state index is 0.869. The third-order valence-corrected chi connectivity index (χ3v) is 3.89. The molecule has 4 heteroatoms. The average Bonchev–Trinajstić information content (AvgIpc) is 2.58. The molecule has 1 aromatic carbocycles. The van der Waals surface area contributed by atoms with Crippen molar-refractivity contribution in [2.75, 3.05) is 7.05 Å². The molecule has 0 amide bonds. The van der Waals surface area contributed by atoms with Crippen LogP contribution in [0.2, 0.25) is 0 Å². The van der Waals surface area contributed by atoms with Gasteiger partial charge in [0.2, 0.25) is 0 Å². The van der Waals surface area contributed by atoms with E-state index in [9.17, 15) is 0 Å². The highest BCUT2D eigenvalue weighted by atomic mass is 79.9. The molecule has 1 N–H and O–H groups in total. The fourth-order valence-corrected chi connectivity index (χ4v) is 2.12. The van der Waals surface area contributed by atoms with Crippen LogP contribution in [0.1, 0.15) is 17.0 Å². The van der Waals surface area contributed by atoms with Crippen molar-refractivity contribution in [1.82, 2.24) is 15.1 Å². The zero-order valence-corrected chi connectivity index (χ0v) is 11.9. The summed E-state index contributed by atoms with van der Waals surface area (Å²) in [5.41, 5.74) is 4.50. The molecule has 0 aliphatic carbocycles. The van der Waals surface area contributed by atoms with Crippen LogP contribution in [0, 0.1) is 13.8 Å². The second kappa shape index (κ2) is 5.02. The molecule has 0 radical (unpaired) electrons. The summed E-state index contributed by atoms with van der Waals surface area (Å²) in [5, 5.41) is 7.69. The van der Waals surface area contributed by atoms with Crippen LogP contribution in [-0.4, -0.2) is 16.8 Å². The molecule has 0 spiro atoms. The lowest BCUT2D eigenvalue weighted by Gasteiger charge is -2.07. The third kappa shape index (κ3) is 2.42. The van der Waals surface area contributed by atoms with E-state index in [1.54, 1.807) is 0 Å². The van der Waals surface area contributed by atoms with Crippen LogP contribution in [0.15, 0.2) is 28.7 Å². The number of halogens is 1. The fraction of sp³-hybridized carbons (Fsp3) is 0.308. The smallest absolute Gasteiger partial charge is 0.0743 e. The largest absolute Gasteiger partial charge is 0.316 e. The fourth-order valence-electron chi connectivity index (χ4n) is 1.88. The summed E-state index contributed by atoms with van der Waals surface area (Å²) in [6.45, 7) is 4.94. The van der Waals surface area contributed by atoms with Crippen LogP contribution < -0.4 is 5.32 Å². The first kappa shape index (κ1) is 12.3. The van der Waals surface area contributed by atoms with Gasteiger partial charge in [-0.1, -0.05) is 12.1 Å². The van der Waals surface area contributed by atoms with Crippen LogP contribution in [0.25, 0.3) is 5.69 Å². The number of nitrogens with zero attached hydrogens (tertiary/aromatic N) is 2. The quantitative estimate of drug-likeness (QED) is 0.943. The molecule has 90 valence electrons. The first-order chi connectivity index (χ1) is 8.13. The first-order valence-corrected chi connectivity index (χ1v) is 6.38. The van der Waals surface area contributed by atoms with E-state index >= 15 is 0 Å². The summed E-state index contributed by atoms with van der Waals surface area (Å²) in [7, 11) is 1.95. The highest BCUT2D eigenvalue weighted by molar-refractivity contribution is 9.10. The Kier molecular flexibility index (Phi) is 3.64. The van der Waals surface area contributed by atoms with Crippen molar-refractivity contribution in [2.45, 2.75) is 20.4 Å². The standard InChI is InChI=1S/C13H16BrN3/c1-9-13(14)10(2)17(16-9)12-6-4-5-11(7-12)8-15-3/h4-7,15H,8H2,1-3H3. The summed E-state index contributed by atoms with van der Waals surface area (Å²) in [4.78, 5) is 0. The minimum absolute atomic E-state index is 0.869. The van der Waals surface area contributed by atoms with Gasteiger partial charge in [0.25, 0.3) is 0 Å². The van der Waals surface area contributed by atoms with Gasteiger partial charge >= 0.3 is 0 Å². The molecule has 0 saturated heterocycles. The second-order valence-corrected chi connectivity index (χ2v) is 4.89. The molecule has 0 aliphatic heterocycles. The Balaban J connectivity index is 2.45. The topological polar surface area (TPSA) is 29.9 Å². The first-order valence-electron chi connectivity index (χ1n) is 5.59. The van der Waals surface area contributed by atoms with Gasteiger partial charge in [0, 0.05) is 6.54 Å². The lowest BCUT2D eigenvalue weighted by Crippen LogP contribution is -2.06. The maximum absolute atomic E-state index is 4.53. The van der Waals surface area contributed by atoms with Crippen molar-refractivity contribution in [3.05, 3.63) is 45.7 Å². The molecule has 2 rings (SSSR count). The Bertz CT molecular complexity index is 531. The Labute approximate surface area is 110 Å². The maximum Gasteiger partial charge on any atom is 0.0743 e. The molecule has 0 saturated carbocycles. The molecule has 0 atom stereocenters. The molecule has 3 nitrogen and oxygen atoms in total. The minimum Gasteiger partial charge on any atom is -0.316 e. The number of rotatable bonds is 3. The van der Waals surface area contributed by atoms with E-state index < -0.39 is 0 Å². The van der Waals surface area contributed by atoms with E-state index in [0.717, 1.165) is 28.1 Å². The molecule has 0 fully saturated rings. The zero-order valence-electron chi connectivity index (χ0n) is 10.3. The maximum atomic E-state index is 4.53. The van der Waals surface area contributed by atoms with E-state index in [1.165, 1.54) is 5.56 Å². The molecule has 0 aliphatic rings.